The largest absolute Gasteiger partial charge is 0.425 e. The first kappa shape index (κ1) is 14.5. The average Bonchev–Trinajstić information content (AvgIpc) is 2.62. The molecule has 1 amide bonds. The highest BCUT2D eigenvalue weighted by Crippen LogP contribution is 2.40. The Kier molecular flexibility index (Phi) is 3.70. The lowest BCUT2D eigenvalue weighted by atomic mass is 9.97. The lowest BCUT2D eigenvalue weighted by molar-refractivity contribution is -0.271. The summed E-state index contributed by atoms with van der Waals surface area (Å²) in [7, 11) is 3.95. The van der Waals surface area contributed by atoms with Crippen LogP contribution in [0.5, 0.6) is 0 Å². The fourth-order valence-corrected chi connectivity index (χ4v) is 1.45. The molecule has 1 N–H and O–H groups in total. The number of hydrogen-bond acceptors (Lipinski definition) is 3. The summed E-state index contributed by atoms with van der Waals surface area (Å²) in [6.07, 6.45) is -3.69. The number of halogens is 3. The van der Waals surface area contributed by atoms with Crippen molar-refractivity contribution in [2.45, 2.75) is 18.2 Å². The minimum absolute atomic E-state index is 0.606. The van der Waals surface area contributed by atoms with Gasteiger partial charge in [0.15, 0.2) is 5.82 Å². The van der Waals surface area contributed by atoms with Crippen LogP contribution in [0.4, 0.5) is 13.2 Å². The highest BCUT2D eigenvalue weighted by atomic mass is 19.4. The number of amides is 1. The first-order valence-electron chi connectivity index (χ1n) is 5.06. The molecular formula is C10H14F3N3O2. The lowest BCUT2D eigenvalue weighted by Gasteiger charge is -2.30. The molecule has 18 heavy (non-hydrogen) atoms. The first-order chi connectivity index (χ1) is 8.09. The monoisotopic (exact) mass is 265 g/mol. The smallest absolute Gasteiger partial charge is 0.374 e. The quantitative estimate of drug-likeness (QED) is 0.873. The molecule has 1 heterocycles. The third-order valence-electron chi connectivity index (χ3n) is 2.57. The fraction of sp³-hybridized carbons (Fsp3) is 0.600. The number of rotatable bonds is 3. The molecule has 1 aromatic rings. The summed E-state index contributed by atoms with van der Waals surface area (Å²) >= 11 is 0. The van der Waals surface area contributed by atoms with Gasteiger partial charge < -0.3 is 14.6 Å². The standard InChI is InChI=1S/C10H14F3N3O2/c1-15(2)7(17)6-9(18,10(11,12)13)8-14-4-5-16(8)3/h4-5,18H,6H2,1-3H3/t9-/m1/s1. The highest BCUT2D eigenvalue weighted by Gasteiger charge is 2.58. The Morgan fingerprint density at radius 1 is 1.50 bits per heavy atom. The number of nitrogens with zero attached hydrogens (tertiary/aromatic N) is 3. The van der Waals surface area contributed by atoms with Crippen LogP contribution in [0, 0.1) is 0 Å². The van der Waals surface area contributed by atoms with E-state index in [1.54, 1.807) is 0 Å². The number of aliphatic hydroxyl groups is 1. The van der Waals surface area contributed by atoms with Gasteiger partial charge in [0, 0.05) is 33.5 Å². The Hall–Kier alpha value is -1.57. The van der Waals surface area contributed by atoms with Gasteiger partial charge in [-0.1, -0.05) is 0 Å². The summed E-state index contributed by atoms with van der Waals surface area (Å²) in [5.74, 6) is -1.44. The van der Waals surface area contributed by atoms with Gasteiger partial charge in [-0.2, -0.15) is 13.2 Å². The molecule has 0 bridgehead atoms. The zero-order valence-corrected chi connectivity index (χ0v) is 10.2. The molecule has 0 unspecified atom stereocenters. The Balaban J connectivity index is 3.21. The molecule has 8 heteroatoms. The summed E-state index contributed by atoms with van der Waals surface area (Å²) in [4.78, 5) is 15.9. The Morgan fingerprint density at radius 3 is 2.39 bits per heavy atom. The predicted octanol–water partition coefficient (Wildman–Crippen LogP) is 0.648. The lowest BCUT2D eigenvalue weighted by Crippen LogP contribution is -2.47. The van der Waals surface area contributed by atoms with Gasteiger partial charge in [-0.3, -0.25) is 4.79 Å². The van der Waals surface area contributed by atoms with Gasteiger partial charge in [0.1, 0.15) is 0 Å². The zero-order chi connectivity index (χ0) is 14.1. The molecule has 0 radical (unpaired) electrons. The summed E-state index contributed by atoms with van der Waals surface area (Å²) in [5, 5.41) is 9.85. The van der Waals surface area contributed by atoms with Crippen molar-refractivity contribution in [3.8, 4) is 0 Å². The maximum atomic E-state index is 13.0. The van der Waals surface area contributed by atoms with Crippen molar-refractivity contribution >= 4 is 5.91 Å². The molecule has 0 saturated carbocycles. The summed E-state index contributed by atoms with van der Waals surface area (Å²) in [5.41, 5.74) is -3.29. The molecule has 0 fully saturated rings. The Labute approximate surface area is 102 Å². The molecular weight excluding hydrogens is 251 g/mol. The van der Waals surface area contributed by atoms with Gasteiger partial charge in [0.2, 0.25) is 11.5 Å². The molecule has 0 aromatic carbocycles. The van der Waals surface area contributed by atoms with E-state index in [1.165, 1.54) is 27.3 Å². The van der Waals surface area contributed by atoms with Crippen molar-refractivity contribution in [1.29, 1.82) is 0 Å². The number of carbonyl (C=O) groups is 1. The van der Waals surface area contributed by atoms with Crippen LogP contribution >= 0.6 is 0 Å². The summed E-state index contributed by atoms with van der Waals surface area (Å²) in [6, 6.07) is 0. The second-order valence-corrected chi connectivity index (χ2v) is 4.18. The van der Waals surface area contributed by atoms with Crippen LogP contribution in [0.3, 0.4) is 0 Å². The normalized spacial score (nSPS) is 15.3. The zero-order valence-electron chi connectivity index (χ0n) is 10.2. The number of hydrogen-bond donors (Lipinski definition) is 1. The number of aromatic nitrogens is 2. The van der Waals surface area contributed by atoms with E-state index in [9.17, 15) is 23.1 Å². The van der Waals surface area contributed by atoms with Crippen molar-refractivity contribution in [3.05, 3.63) is 18.2 Å². The van der Waals surface area contributed by atoms with E-state index in [4.69, 9.17) is 0 Å². The molecule has 0 aliphatic rings. The van der Waals surface area contributed by atoms with E-state index in [2.05, 4.69) is 4.98 Å². The van der Waals surface area contributed by atoms with Gasteiger partial charge in [-0.15, -0.1) is 0 Å². The van der Waals surface area contributed by atoms with Crippen molar-refractivity contribution < 1.29 is 23.1 Å². The minimum Gasteiger partial charge on any atom is -0.374 e. The van der Waals surface area contributed by atoms with Gasteiger partial charge in [-0.25, -0.2) is 4.98 Å². The van der Waals surface area contributed by atoms with Gasteiger partial charge in [0.05, 0.1) is 6.42 Å². The van der Waals surface area contributed by atoms with Crippen molar-refractivity contribution in [1.82, 2.24) is 14.5 Å². The van der Waals surface area contributed by atoms with Crippen LogP contribution in [0.15, 0.2) is 12.4 Å². The van der Waals surface area contributed by atoms with Crippen LogP contribution in [0.1, 0.15) is 12.2 Å². The molecule has 0 saturated heterocycles. The molecule has 102 valence electrons. The minimum atomic E-state index is -4.99. The molecule has 1 aromatic heterocycles. The van der Waals surface area contributed by atoms with E-state index >= 15 is 0 Å². The van der Waals surface area contributed by atoms with E-state index in [-0.39, 0.29) is 0 Å². The van der Waals surface area contributed by atoms with Crippen molar-refractivity contribution in [2.75, 3.05) is 14.1 Å². The molecule has 5 nitrogen and oxygen atoms in total. The van der Waals surface area contributed by atoms with Gasteiger partial charge >= 0.3 is 6.18 Å². The second kappa shape index (κ2) is 4.60. The number of imidazole rings is 1. The van der Waals surface area contributed by atoms with Crippen molar-refractivity contribution in [2.24, 2.45) is 7.05 Å². The molecule has 0 aliphatic carbocycles. The van der Waals surface area contributed by atoms with Crippen molar-refractivity contribution in [3.63, 3.8) is 0 Å². The maximum Gasteiger partial charge on any atom is 0.425 e. The molecule has 0 aliphatic heterocycles. The van der Waals surface area contributed by atoms with E-state index in [1.807, 2.05) is 0 Å². The molecule has 0 spiro atoms. The SMILES string of the molecule is CN(C)C(=O)C[C@@](O)(c1nccn1C)C(F)(F)F. The van der Waals surface area contributed by atoms with Crippen LogP contribution in [0.2, 0.25) is 0 Å². The van der Waals surface area contributed by atoms with Gasteiger partial charge in [0.25, 0.3) is 0 Å². The van der Waals surface area contributed by atoms with E-state index < -0.39 is 29.9 Å². The first-order valence-corrected chi connectivity index (χ1v) is 5.06. The topological polar surface area (TPSA) is 58.4 Å². The number of carbonyl (C=O) groups excluding carboxylic acids is 1. The Morgan fingerprint density at radius 2 is 2.06 bits per heavy atom. The Bertz CT molecular complexity index is 442. The summed E-state index contributed by atoms with van der Waals surface area (Å²) < 4.78 is 40.0. The third-order valence-corrected chi connectivity index (χ3v) is 2.57. The predicted molar refractivity (Wildman–Crippen MR) is 56.5 cm³/mol. The third kappa shape index (κ3) is 2.47. The average molecular weight is 265 g/mol. The molecule has 1 rings (SSSR count). The van der Waals surface area contributed by atoms with Crippen LogP contribution in [-0.4, -0.2) is 45.7 Å². The number of aryl methyl sites for hydroxylation is 1. The van der Waals surface area contributed by atoms with Gasteiger partial charge in [-0.05, 0) is 0 Å². The number of alkyl halides is 3. The highest BCUT2D eigenvalue weighted by molar-refractivity contribution is 5.77. The maximum absolute atomic E-state index is 13.0. The van der Waals surface area contributed by atoms with Crippen LogP contribution in [-0.2, 0) is 17.4 Å². The van der Waals surface area contributed by atoms with Crippen LogP contribution in [0.25, 0.3) is 0 Å². The van der Waals surface area contributed by atoms with E-state index in [0.29, 0.717) is 0 Å². The van der Waals surface area contributed by atoms with Crippen LogP contribution < -0.4 is 0 Å². The summed E-state index contributed by atoms with van der Waals surface area (Å²) in [6.45, 7) is 0. The molecule has 1 atom stereocenters. The van der Waals surface area contributed by atoms with E-state index in [0.717, 1.165) is 15.7 Å². The fourth-order valence-electron chi connectivity index (χ4n) is 1.45. The second-order valence-electron chi connectivity index (χ2n) is 4.18.